The fraction of sp³-hybridized carbons (Fsp3) is 1.00. The molecule has 3 unspecified atom stereocenters. The maximum Gasteiger partial charge on any atom is 0.0707 e. The summed E-state index contributed by atoms with van der Waals surface area (Å²) in [4.78, 5) is 2.51. The van der Waals surface area contributed by atoms with Crippen LogP contribution < -0.4 is 5.73 Å². The predicted octanol–water partition coefficient (Wildman–Crippen LogP) is 0.992. The van der Waals surface area contributed by atoms with Crippen LogP contribution >= 0.6 is 0 Å². The number of morpholine rings is 1. The van der Waals surface area contributed by atoms with Crippen molar-refractivity contribution >= 4 is 0 Å². The Balaban J connectivity index is 1.94. The second-order valence-corrected chi connectivity index (χ2v) is 5.97. The highest BCUT2D eigenvalue weighted by Crippen LogP contribution is 2.29. The number of likely N-dealkylation sites (tertiary alicyclic amines) is 1. The first kappa shape index (κ1) is 13.3. The summed E-state index contributed by atoms with van der Waals surface area (Å²) in [5, 5.41) is 0. The Labute approximate surface area is 104 Å². The van der Waals surface area contributed by atoms with Gasteiger partial charge in [0.1, 0.15) is 0 Å². The van der Waals surface area contributed by atoms with Crippen molar-refractivity contribution in [3.05, 3.63) is 0 Å². The molecule has 2 fully saturated rings. The van der Waals surface area contributed by atoms with Gasteiger partial charge in [-0.25, -0.2) is 0 Å². The highest BCUT2D eigenvalue weighted by atomic mass is 16.5. The van der Waals surface area contributed by atoms with E-state index in [0.29, 0.717) is 24.8 Å². The molecule has 0 aromatic heterocycles. The maximum atomic E-state index is 5.94. The Bertz CT molecular complexity index is 246. The van der Waals surface area contributed by atoms with Crippen LogP contribution in [0.4, 0.5) is 0 Å². The van der Waals surface area contributed by atoms with Crippen molar-refractivity contribution in [2.45, 2.75) is 57.0 Å². The Kier molecular flexibility index (Phi) is 4.08. The molecule has 100 valence electrons. The molecule has 2 aliphatic heterocycles. The first-order valence-corrected chi connectivity index (χ1v) is 6.69. The van der Waals surface area contributed by atoms with Crippen LogP contribution in [0, 0.1) is 0 Å². The molecular weight excluding hydrogens is 216 g/mol. The van der Waals surface area contributed by atoms with Crippen LogP contribution in [-0.2, 0) is 9.47 Å². The van der Waals surface area contributed by atoms with E-state index in [1.807, 2.05) is 0 Å². The van der Waals surface area contributed by atoms with Crippen molar-refractivity contribution in [2.75, 3.05) is 26.7 Å². The Morgan fingerprint density at radius 2 is 1.94 bits per heavy atom. The molecular formula is C13H26N2O2. The number of rotatable bonds is 5. The van der Waals surface area contributed by atoms with Crippen molar-refractivity contribution in [3.63, 3.8) is 0 Å². The largest absolute Gasteiger partial charge is 0.379 e. The molecule has 4 heteroatoms. The maximum absolute atomic E-state index is 5.94. The van der Waals surface area contributed by atoms with Crippen LogP contribution in [0.1, 0.15) is 33.1 Å². The topological polar surface area (TPSA) is 47.7 Å². The van der Waals surface area contributed by atoms with Crippen LogP contribution in [0.2, 0.25) is 0 Å². The van der Waals surface area contributed by atoms with Crippen molar-refractivity contribution in [3.8, 4) is 0 Å². The van der Waals surface area contributed by atoms with Gasteiger partial charge in [-0.05, 0) is 33.1 Å². The number of nitrogens with two attached hydrogens (primary N) is 1. The van der Waals surface area contributed by atoms with E-state index in [-0.39, 0.29) is 5.60 Å². The highest BCUT2D eigenvalue weighted by Gasteiger charge is 2.37. The standard InChI is InChI=1S/C13H26N2O2/c1-13(2,16-3)6-10(7-14)15-8-11-4-5-12(9-15)17-11/h10-12H,4-9,14H2,1-3H3. The van der Waals surface area contributed by atoms with Gasteiger partial charge in [0.2, 0.25) is 0 Å². The van der Waals surface area contributed by atoms with Gasteiger partial charge in [-0.1, -0.05) is 0 Å². The van der Waals surface area contributed by atoms with Gasteiger partial charge in [0.15, 0.2) is 0 Å². The molecule has 3 atom stereocenters. The summed E-state index contributed by atoms with van der Waals surface area (Å²) >= 11 is 0. The SMILES string of the molecule is COC(C)(C)CC(CN)N1CC2CCC(C1)O2. The fourth-order valence-corrected chi connectivity index (χ4v) is 2.96. The fourth-order valence-electron chi connectivity index (χ4n) is 2.96. The number of hydrogen-bond donors (Lipinski definition) is 1. The molecule has 2 bridgehead atoms. The molecule has 0 saturated carbocycles. The Morgan fingerprint density at radius 3 is 2.41 bits per heavy atom. The summed E-state index contributed by atoms with van der Waals surface area (Å²) in [6.07, 6.45) is 4.29. The zero-order chi connectivity index (χ0) is 12.5. The second kappa shape index (κ2) is 5.22. The number of ether oxygens (including phenoxy) is 2. The van der Waals surface area contributed by atoms with Crippen molar-refractivity contribution in [1.29, 1.82) is 0 Å². The Hall–Kier alpha value is -0.160. The van der Waals surface area contributed by atoms with Gasteiger partial charge in [0.05, 0.1) is 17.8 Å². The second-order valence-electron chi connectivity index (χ2n) is 5.97. The number of hydrogen-bond acceptors (Lipinski definition) is 4. The third kappa shape index (κ3) is 3.19. The van der Waals surface area contributed by atoms with Gasteiger partial charge in [0.25, 0.3) is 0 Å². The van der Waals surface area contributed by atoms with E-state index >= 15 is 0 Å². The minimum atomic E-state index is -0.0958. The predicted molar refractivity (Wildman–Crippen MR) is 68.0 cm³/mol. The van der Waals surface area contributed by atoms with Crippen LogP contribution in [0.3, 0.4) is 0 Å². The van der Waals surface area contributed by atoms with Crippen LogP contribution in [-0.4, -0.2) is 55.5 Å². The minimum Gasteiger partial charge on any atom is -0.379 e. The lowest BCUT2D eigenvalue weighted by Crippen LogP contribution is -2.52. The van der Waals surface area contributed by atoms with Crippen molar-refractivity contribution in [2.24, 2.45) is 5.73 Å². The lowest BCUT2D eigenvalue weighted by atomic mass is 9.97. The normalized spacial score (nSPS) is 31.8. The zero-order valence-electron chi connectivity index (χ0n) is 11.3. The van der Waals surface area contributed by atoms with Gasteiger partial charge in [-0.15, -0.1) is 0 Å². The number of nitrogens with zero attached hydrogens (tertiary/aromatic N) is 1. The van der Waals surface area contributed by atoms with Crippen LogP contribution in [0.5, 0.6) is 0 Å². The van der Waals surface area contributed by atoms with E-state index in [1.54, 1.807) is 7.11 Å². The summed E-state index contributed by atoms with van der Waals surface area (Å²) in [6.45, 7) is 7.04. The molecule has 4 nitrogen and oxygen atoms in total. The highest BCUT2D eigenvalue weighted by molar-refractivity contribution is 4.90. The summed E-state index contributed by atoms with van der Waals surface area (Å²) in [6, 6.07) is 0.414. The van der Waals surface area contributed by atoms with Crippen LogP contribution in [0.25, 0.3) is 0 Å². The van der Waals surface area contributed by atoms with Crippen molar-refractivity contribution in [1.82, 2.24) is 4.90 Å². The summed E-state index contributed by atoms with van der Waals surface area (Å²) in [7, 11) is 1.77. The molecule has 0 aliphatic carbocycles. The molecule has 0 radical (unpaired) electrons. The minimum absolute atomic E-state index is 0.0958. The molecule has 2 N–H and O–H groups in total. The van der Waals surface area contributed by atoms with Gasteiger partial charge in [-0.2, -0.15) is 0 Å². The monoisotopic (exact) mass is 242 g/mol. The summed E-state index contributed by atoms with van der Waals surface area (Å²) in [5.41, 5.74) is 5.84. The van der Waals surface area contributed by atoms with Crippen molar-refractivity contribution < 1.29 is 9.47 Å². The number of fused-ring (bicyclic) bond motifs is 2. The molecule has 17 heavy (non-hydrogen) atoms. The van der Waals surface area contributed by atoms with E-state index < -0.39 is 0 Å². The number of methoxy groups -OCH3 is 1. The lowest BCUT2D eigenvalue weighted by Gasteiger charge is -2.40. The smallest absolute Gasteiger partial charge is 0.0707 e. The third-order valence-electron chi connectivity index (χ3n) is 4.14. The van der Waals surface area contributed by atoms with E-state index in [4.69, 9.17) is 15.2 Å². The van der Waals surface area contributed by atoms with E-state index in [9.17, 15) is 0 Å². The molecule has 2 aliphatic rings. The van der Waals surface area contributed by atoms with Gasteiger partial charge in [-0.3, -0.25) is 4.90 Å². The molecule has 2 saturated heterocycles. The van der Waals surface area contributed by atoms with Gasteiger partial charge in [0, 0.05) is 32.8 Å². The average molecular weight is 242 g/mol. The summed E-state index contributed by atoms with van der Waals surface area (Å²) < 4.78 is 11.4. The quantitative estimate of drug-likeness (QED) is 0.781. The first-order chi connectivity index (χ1) is 8.04. The molecule has 0 aromatic rings. The van der Waals surface area contributed by atoms with Crippen LogP contribution in [0.15, 0.2) is 0 Å². The van der Waals surface area contributed by atoms with Gasteiger partial charge >= 0.3 is 0 Å². The Morgan fingerprint density at radius 1 is 1.35 bits per heavy atom. The van der Waals surface area contributed by atoms with E-state index in [0.717, 1.165) is 19.5 Å². The molecule has 2 rings (SSSR count). The van der Waals surface area contributed by atoms with E-state index in [2.05, 4.69) is 18.7 Å². The zero-order valence-corrected chi connectivity index (χ0v) is 11.3. The lowest BCUT2D eigenvalue weighted by molar-refractivity contribution is -0.0689. The molecule has 2 heterocycles. The molecule has 0 aromatic carbocycles. The van der Waals surface area contributed by atoms with E-state index in [1.165, 1.54) is 12.8 Å². The third-order valence-corrected chi connectivity index (χ3v) is 4.14. The molecule has 0 spiro atoms. The first-order valence-electron chi connectivity index (χ1n) is 6.69. The summed E-state index contributed by atoms with van der Waals surface area (Å²) in [5.74, 6) is 0. The average Bonchev–Trinajstić information content (AvgIpc) is 2.65. The molecule has 0 amide bonds. The van der Waals surface area contributed by atoms with Gasteiger partial charge < -0.3 is 15.2 Å².